The van der Waals surface area contributed by atoms with Gasteiger partial charge in [-0.05, 0) is 19.8 Å². The summed E-state index contributed by atoms with van der Waals surface area (Å²) < 4.78 is 1.06. The van der Waals surface area contributed by atoms with Crippen molar-refractivity contribution in [3.63, 3.8) is 0 Å². The molecule has 0 spiro atoms. The standard InChI is InChI=1S/C14H21BrN4/c1-11(15)9-19-6-4-13(5-7-19)18(3)14-8-12(2)16-10-17-14/h8,10,13H,1,4-7,9H2,2-3H3. The molecule has 0 saturated carbocycles. The molecule has 0 amide bonds. The first kappa shape index (κ1) is 14.5. The van der Waals surface area contributed by atoms with Gasteiger partial charge >= 0.3 is 0 Å². The Bertz CT molecular complexity index is 441. The van der Waals surface area contributed by atoms with Crippen molar-refractivity contribution in [2.45, 2.75) is 25.8 Å². The lowest BCUT2D eigenvalue weighted by Crippen LogP contribution is -2.44. The molecule has 0 atom stereocenters. The predicted octanol–water partition coefficient (Wildman–Crippen LogP) is 2.59. The predicted molar refractivity (Wildman–Crippen MR) is 82.7 cm³/mol. The third-order valence-corrected chi connectivity index (χ3v) is 3.90. The first-order chi connectivity index (χ1) is 9.06. The highest BCUT2D eigenvalue weighted by Crippen LogP contribution is 2.21. The molecule has 0 radical (unpaired) electrons. The third kappa shape index (κ3) is 4.01. The highest BCUT2D eigenvalue weighted by atomic mass is 79.9. The maximum atomic E-state index is 4.36. The van der Waals surface area contributed by atoms with Crippen LogP contribution < -0.4 is 4.90 Å². The third-order valence-electron chi connectivity index (χ3n) is 3.65. The van der Waals surface area contributed by atoms with Gasteiger partial charge in [-0.25, -0.2) is 9.97 Å². The van der Waals surface area contributed by atoms with Crippen LogP contribution in [0.3, 0.4) is 0 Å². The van der Waals surface area contributed by atoms with Crippen LogP contribution in [0.15, 0.2) is 23.5 Å². The summed E-state index contributed by atoms with van der Waals surface area (Å²) in [7, 11) is 2.13. The fourth-order valence-electron chi connectivity index (χ4n) is 2.53. The molecule has 2 heterocycles. The van der Waals surface area contributed by atoms with E-state index >= 15 is 0 Å². The van der Waals surface area contributed by atoms with Gasteiger partial charge in [0.05, 0.1) is 0 Å². The fraction of sp³-hybridized carbons (Fsp3) is 0.571. The molecule has 1 aromatic heterocycles. The molecule has 1 fully saturated rings. The summed E-state index contributed by atoms with van der Waals surface area (Å²) in [5, 5.41) is 0. The smallest absolute Gasteiger partial charge is 0.132 e. The Kier molecular flexibility index (Phi) is 4.93. The Hall–Kier alpha value is -0.940. The van der Waals surface area contributed by atoms with Crippen LogP contribution in [0.25, 0.3) is 0 Å². The van der Waals surface area contributed by atoms with E-state index in [1.54, 1.807) is 6.33 Å². The largest absolute Gasteiger partial charge is 0.356 e. The zero-order valence-electron chi connectivity index (χ0n) is 11.6. The van der Waals surface area contributed by atoms with Gasteiger partial charge in [-0.1, -0.05) is 22.5 Å². The van der Waals surface area contributed by atoms with Crippen molar-refractivity contribution in [1.82, 2.24) is 14.9 Å². The molecule has 1 aliphatic rings. The van der Waals surface area contributed by atoms with Crippen LogP contribution >= 0.6 is 15.9 Å². The van der Waals surface area contributed by atoms with E-state index in [4.69, 9.17) is 0 Å². The van der Waals surface area contributed by atoms with Gasteiger partial charge in [-0.2, -0.15) is 0 Å². The molecule has 0 unspecified atom stereocenters. The maximum Gasteiger partial charge on any atom is 0.132 e. The molecular formula is C14H21BrN4. The van der Waals surface area contributed by atoms with E-state index in [-0.39, 0.29) is 0 Å². The Balaban J connectivity index is 1.92. The number of rotatable bonds is 4. The summed E-state index contributed by atoms with van der Waals surface area (Å²) in [6, 6.07) is 2.61. The van der Waals surface area contributed by atoms with E-state index < -0.39 is 0 Å². The van der Waals surface area contributed by atoms with Crippen molar-refractivity contribution >= 4 is 21.7 Å². The minimum atomic E-state index is 0.564. The molecule has 0 N–H and O–H groups in total. The monoisotopic (exact) mass is 324 g/mol. The van der Waals surface area contributed by atoms with Crippen LogP contribution in [0.1, 0.15) is 18.5 Å². The van der Waals surface area contributed by atoms with Gasteiger partial charge in [0.25, 0.3) is 0 Å². The van der Waals surface area contributed by atoms with Gasteiger partial charge in [0.1, 0.15) is 12.1 Å². The van der Waals surface area contributed by atoms with Crippen LogP contribution in [0.4, 0.5) is 5.82 Å². The Morgan fingerprint density at radius 2 is 2.16 bits per heavy atom. The van der Waals surface area contributed by atoms with Gasteiger partial charge in [0.2, 0.25) is 0 Å². The van der Waals surface area contributed by atoms with Crippen molar-refractivity contribution in [2.24, 2.45) is 0 Å². The van der Waals surface area contributed by atoms with E-state index in [9.17, 15) is 0 Å². The van der Waals surface area contributed by atoms with Gasteiger partial charge in [0.15, 0.2) is 0 Å². The van der Waals surface area contributed by atoms with Crippen LogP contribution in [-0.4, -0.2) is 47.6 Å². The van der Waals surface area contributed by atoms with Gasteiger partial charge in [-0.15, -0.1) is 0 Å². The second-order valence-electron chi connectivity index (χ2n) is 5.15. The van der Waals surface area contributed by atoms with Crippen molar-refractivity contribution in [3.05, 3.63) is 29.1 Å². The van der Waals surface area contributed by atoms with E-state index in [1.807, 2.05) is 13.0 Å². The Morgan fingerprint density at radius 1 is 1.47 bits per heavy atom. The zero-order valence-corrected chi connectivity index (χ0v) is 13.2. The lowest BCUT2D eigenvalue weighted by atomic mass is 10.0. The Labute approximate surface area is 123 Å². The van der Waals surface area contributed by atoms with Crippen LogP contribution in [0.5, 0.6) is 0 Å². The molecule has 2 rings (SSSR count). The number of halogens is 1. The number of anilines is 1. The first-order valence-corrected chi connectivity index (χ1v) is 7.42. The molecule has 104 valence electrons. The number of piperidine rings is 1. The highest BCUT2D eigenvalue weighted by Gasteiger charge is 2.23. The lowest BCUT2D eigenvalue weighted by molar-refractivity contribution is 0.229. The van der Waals surface area contributed by atoms with E-state index in [2.05, 4.69) is 49.3 Å². The number of hydrogen-bond acceptors (Lipinski definition) is 4. The molecule has 0 aliphatic carbocycles. The minimum absolute atomic E-state index is 0.564. The second kappa shape index (κ2) is 6.48. The van der Waals surface area contributed by atoms with Gasteiger partial charge in [0, 0.05) is 49.0 Å². The van der Waals surface area contributed by atoms with Crippen molar-refractivity contribution < 1.29 is 0 Å². The molecule has 4 nitrogen and oxygen atoms in total. The van der Waals surface area contributed by atoms with Crippen molar-refractivity contribution in [1.29, 1.82) is 0 Å². The summed E-state index contributed by atoms with van der Waals surface area (Å²) in [5.74, 6) is 1.02. The topological polar surface area (TPSA) is 32.3 Å². The molecule has 0 aromatic carbocycles. The summed E-state index contributed by atoms with van der Waals surface area (Å²) in [6.07, 6.45) is 3.98. The van der Waals surface area contributed by atoms with E-state index in [0.29, 0.717) is 6.04 Å². The fourth-order valence-corrected chi connectivity index (χ4v) is 2.88. The van der Waals surface area contributed by atoms with Crippen LogP contribution in [0, 0.1) is 6.92 Å². The first-order valence-electron chi connectivity index (χ1n) is 6.63. The summed E-state index contributed by atoms with van der Waals surface area (Å²) in [5.41, 5.74) is 1.02. The molecule has 1 saturated heterocycles. The normalized spacial score (nSPS) is 17.4. The van der Waals surface area contributed by atoms with Crippen molar-refractivity contribution in [3.8, 4) is 0 Å². The minimum Gasteiger partial charge on any atom is -0.356 e. The summed E-state index contributed by atoms with van der Waals surface area (Å²) in [6.45, 7) is 9.09. The maximum absolute atomic E-state index is 4.36. The average Bonchev–Trinajstić information content (AvgIpc) is 2.38. The number of nitrogens with zero attached hydrogens (tertiary/aromatic N) is 4. The quantitative estimate of drug-likeness (QED) is 0.852. The lowest BCUT2D eigenvalue weighted by Gasteiger charge is -2.37. The van der Waals surface area contributed by atoms with E-state index in [0.717, 1.165) is 35.6 Å². The van der Waals surface area contributed by atoms with Crippen LogP contribution in [0.2, 0.25) is 0 Å². The molecule has 5 heteroatoms. The highest BCUT2D eigenvalue weighted by molar-refractivity contribution is 9.11. The molecular weight excluding hydrogens is 304 g/mol. The summed E-state index contributed by atoms with van der Waals surface area (Å²) >= 11 is 3.44. The summed E-state index contributed by atoms with van der Waals surface area (Å²) in [4.78, 5) is 13.2. The molecule has 1 aromatic rings. The SMILES string of the molecule is C=C(Br)CN1CCC(N(C)c2cc(C)ncn2)CC1. The van der Waals surface area contributed by atoms with Crippen LogP contribution in [-0.2, 0) is 0 Å². The average molecular weight is 325 g/mol. The number of hydrogen-bond donors (Lipinski definition) is 0. The van der Waals surface area contributed by atoms with Gasteiger partial charge in [-0.3, -0.25) is 4.90 Å². The molecule has 19 heavy (non-hydrogen) atoms. The number of aryl methyl sites for hydroxylation is 1. The van der Waals surface area contributed by atoms with E-state index in [1.165, 1.54) is 12.8 Å². The van der Waals surface area contributed by atoms with Crippen molar-refractivity contribution in [2.75, 3.05) is 31.6 Å². The Morgan fingerprint density at radius 3 is 2.74 bits per heavy atom. The zero-order chi connectivity index (χ0) is 13.8. The number of aromatic nitrogens is 2. The number of likely N-dealkylation sites (tertiary alicyclic amines) is 1. The molecule has 0 bridgehead atoms. The van der Waals surface area contributed by atoms with Gasteiger partial charge < -0.3 is 4.90 Å². The molecule has 1 aliphatic heterocycles. The second-order valence-corrected chi connectivity index (χ2v) is 6.27.